The van der Waals surface area contributed by atoms with Crippen LogP contribution in [-0.4, -0.2) is 50.7 Å². The van der Waals surface area contributed by atoms with Crippen LogP contribution in [0.15, 0.2) is 114 Å². The third-order valence-electron chi connectivity index (χ3n) is 5.57. The number of esters is 2. The van der Waals surface area contributed by atoms with Crippen LogP contribution in [0.5, 0.6) is 0 Å². The molecule has 0 bridgehead atoms. The van der Waals surface area contributed by atoms with Crippen LogP contribution in [0.4, 0.5) is 0 Å². The van der Waals surface area contributed by atoms with Crippen LogP contribution in [0.3, 0.4) is 0 Å². The summed E-state index contributed by atoms with van der Waals surface area (Å²) in [6.45, 7) is 5.58. The second-order valence-corrected chi connectivity index (χ2v) is 10.1. The molecule has 0 fully saturated rings. The van der Waals surface area contributed by atoms with E-state index in [2.05, 4.69) is 61.7 Å². The van der Waals surface area contributed by atoms with Crippen molar-refractivity contribution in [3.8, 4) is 0 Å². The van der Waals surface area contributed by atoms with Crippen molar-refractivity contribution in [3.05, 3.63) is 149 Å². The summed E-state index contributed by atoms with van der Waals surface area (Å²) in [5.74, 6) is -0.541. The molecular weight excluding hydrogens is 717 g/mol. The molecular formula is C35H38Br2NNiO4-2. The molecule has 0 amide bonds. The molecule has 4 aromatic rings. The van der Waals surface area contributed by atoms with Crippen LogP contribution in [0.1, 0.15) is 38.3 Å². The second-order valence-electron chi connectivity index (χ2n) is 9.20. The Kier molecular flexibility index (Phi) is 21.9. The average molecular weight is 755 g/mol. The van der Waals surface area contributed by atoms with Gasteiger partial charge in [-0.05, 0) is 69.0 Å². The maximum absolute atomic E-state index is 11.7. The summed E-state index contributed by atoms with van der Waals surface area (Å²) >= 11 is 9.63. The van der Waals surface area contributed by atoms with Crippen molar-refractivity contribution in [2.24, 2.45) is 0 Å². The van der Waals surface area contributed by atoms with Gasteiger partial charge in [0.25, 0.3) is 0 Å². The van der Waals surface area contributed by atoms with Gasteiger partial charge in [-0.25, -0.2) is 9.59 Å². The summed E-state index contributed by atoms with van der Waals surface area (Å²) in [4.78, 5) is 25.4. The Balaban J connectivity index is 0.000000347. The Morgan fingerprint density at radius 3 is 1.51 bits per heavy atom. The first kappa shape index (κ1) is 38.3. The minimum absolute atomic E-state index is 0.270. The van der Waals surface area contributed by atoms with Crippen molar-refractivity contribution >= 4 is 42.1 Å². The predicted molar refractivity (Wildman–Crippen MR) is 178 cm³/mol. The van der Waals surface area contributed by atoms with Gasteiger partial charge < -0.3 is 21.3 Å². The van der Waals surface area contributed by atoms with E-state index in [0.717, 1.165) is 41.4 Å². The third-order valence-corrected chi connectivity index (χ3v) is 6.10. The van der Waals surface area contributed by atoms with Gasteiger partial charge in [-0.2, -0.15) is 42.3 Å². The molecule has 43 heavy (non-hydrogen) atoms. The number of rotatable bonds is 10. The molecule has 0 N–H and O–H groups in total. The zero-order chi connectivity index (χ0) is 31.7. The monoisotopic (exact) mass is 752 g/mol. The summed E-state index contributed by atoms with van der Waals surface area (Å²) in [5, 5.41) is 0. The standard InChI is InChI=1S/C15H13BrO2.C15H13O2.C5H12N.BrH.Ni/c16-14-8-6-12(7-9-14)10-11-18-15(17)13-4-2-1-3-5-13;16-15(14-9-5-2-6-10-14)17-12-11-13-7-3-1-4-8-13;1-4-5-6(2)3;;/h1-9H,10-11H2;2-10H,11-12H2;1,4-5H2,2-3H3;1H;/q;2*-1;;+1/p-1. The number of benzene rings is 4. The van der Waals surface area contributed by atoms with Crippen molar-refractivity contribution in [2.45, 2.75) is 19.3 Å². The van der Waals surface area contributed by atoms with Gasteiger partial charge in [0.15, 0.2) is 0 Å². The van der Waals surface area contributed by atoms with E-state index in [-0.39, 0.29) is 11.9 Å². The SMILES string of the molecule is O=C(OCCc1cc[c-]cc1)c1ccccc1.O=C(OCCc1ccc(Br)cc1)c1ccccc1.[CH2-]CCN(C)C.[Ni][Br]. The van der Waals surface area contributed by atoms with E-state index in [1.807, 2.05) is 99.0 Å². The summed E-state index contributed by atoms with van der Waals surface area (Å²) in [6, 6.07) is 36.6. The van der Waals surface area contributed by atoms with Crippen molar-refractivity contribution in [1.29, 1.82) is 0 Å². The van der Waals surface area contributed by atoms with Crippen molar-refractivity contribution in [1.82, 2.24) is 4.90 Å². The van der Waals surface area contributed by atoms with E-state index in [4.69, 9.17) is 9.47 Å². The first-order valence-electron chi connectivity index (χ1n) is 13.6. The van der Waals surface area contributed by atoms with Crippen LogP contribution >= 0.6 is 30.2 Å². The second kappa shape index (κ2) is 24.7. The Morgan fingerprint density at radius 2 is 1.14 bits per heavy atom. The molecule has 0 saturated heterocycles. The first-order chi connectivity index (χ1) is 20.9. The van der Waals surface area contributed by atoms with Gasteiger partial charge in [0.2, 0.25) is 0 Å². The number of carbonyl (C=O) groups excluding carboxylic acids is 2. The van der Waals surface area contributed by atoms with E-state index in [1.54, 1.807) is 24.3 Å². The molecule has 5 nitrogen and oxygen atoms in total. The number of hydrogen-bond donors (Lipinski definition) is 0. The molecule has 0 aliphatic heterocycles. The zero-order valence-corrected chi connectivity index (χ0v) is 28.7. The minimum atomic E-state index is -0.271. The molecule has 0 aliphatic carbocycles. The fourth-order valence-electron chi connectivity index (χ4n) is 3.39. The fraction of sp³-hybridized carbons (Fsp3) is 0.229. The van der Waals surface area contributed by atoms with Gasteiger partial charge in [0.05, 0.1) is 24.3 Å². The summed E-state index contributed by atoms with van der Waals surface area (Å²) in [6.07, 6.45) is 2.46. The Hall–Kier alpha value is -2.77. The normalized spacial score (nSPS) is 9.67. The molecule has 0 atom stereocenters. The molecule has 0 spiro atoms. The summed E-state index contributed by atoms with van der Waals surface area (Å²) < 4.78 is 11.4. The maximum atomic E-state index is 11.7. The van der Waals surface area contributed by atoms with E-state index >= 15 is 0 Å². The van der Waals surface area contributed by atoms with Crippen LogP contribution in [0.2, 0.25) is 0 Å². The Bertz CT molecular complexity index is 1260. The molecule has 0 heterocycles. The van der Waals surface area contributed by atoms with Crippen LogP contribution in [-0.2, 0) is 36.0 Å². The molecule has 0 aliphatic rings. The van der Waals surface area contributed by atoms with E-state index < -0.39 is 0 Å². The van der Waals surface area contributed by atoms with Crippen molar-refractivity contribution in [2.75, 3.05) is 33.9 Å². The molecule has 4 rings (SSSR count). The molecule has 0 aromatic heterocycles. The average Bonchev–Trinajstić information content (AvgIpc) is 3.05. The van der Waals surface area contributed by atoms with E-state index in [0.29, 0.717) is 24.3 Å². The number of nitrogens with zero attached hydrogens (tertiary/aromatic N) is 1. The van der Waals surface area contributed by atoms with Crippen molar-refractivity contribution in [3.63, 3.8) is 0 Å². The van der Waals surface area contributed by atoms with Crippen LogP contribution in [0, 0.1) is 13.0 Å². The van der Waals surface area contributed by atoms with Gasteiger partial charge >= 0.3 is 39.9 Å². The number of carbonyl (C=O) groups is 2. The van der Waals surface area contributed by atoms with Gasteiger partial charge in [0, 0.05) is 10.9 Å². The molecule has 8 heteroatoms. The molecule has 233 valence electrons. The van der Waals surface area contributed by atoms with Gasteiger partial charge in [-0.1, -0.05) is 64.5 Å². The van der Waals surface area contributed by atoms with Gasteiger partial charge in [0.1, 0.15) is 0 Å². The molecule has 0 unspecified atom stereocenters. The summed E-state index contributed by atoms with van der Waals surface area (Å²) in [5.41, 5.74) is 3.48. The predicted octanol–water partition coefficient (Wildman–Crippen LogP) is 8.35. The molecule has 0 saturated carbocycles. The van der Waals surface area contributed by atoms with Crippen molar-refractivity contribution < 1.29 is 32.8 Å². The number of hydrogen-bond acceptors (Lipinski definition) is 5. The number of halogens is 2. The van der Waals surface area contributed by atoms with Gasteiger partial charge in [-0.3, -0.25) is 0 Å². The molecule has 0 radical (unpaired) electrons. The van der Waals surface area contributed by atoms with E-state index in [1.165, 1.54) is 0 Å². The zero-order valence-electron chi connectivity index (χ0n) is 24.5. The summed E-state index contributed by atoms with van der Waals surface area (Å²) in [7, 11) is 4.09. The molecule has 4 aromatic carbocycles. The number of ether oxygens (including phenoxy) is 2. The van der Waals surface area contributed by atoms with E-state index in [9.17, 15) is 9.59 Å². The fourth-order valence-corrected chi connectivity index (χ4v) is 3.66. The van der Waals surface area contributed by atoms with Crippen LogP contribution in [0.25, 0.3) is 0 Å². The van der Waals surface area contributed by atoms with Gasteiger partial charge in [-0.15, -0.1) is 0 Å². The quantitative estimate of drug-likeness (QED) is 0.0926. The third kappa shape index (κ3) is 18.5. The topological polar surface area (TPSA) is 55.8 Å². The first-order valence-corrected chi connectivity index (χ1v) is 16.8. The Morgan fingerprint density at radius 1 is 0.721 bits per heavy atom. The van der Waals surface area contributed by atoms with Crippen LogP contribution < -0.4 is 0 Å². The Labute approximate surface area is 280 Å².